The zero-order chi connectivity index (χ0) is 19.0. The van der Waals surface area contributed by atoms with Crippen molar-refractivity contribution in [2.75, 3.05) is 13.2 Å². The number of thiophene rings is 1. The fourth-order valence-electron chi connectivity index (χ4n) is 4.31. The molecule has 0 N–H and O–H groups in total. The molecular weight excluding hydrogens is 380 g/mol. The number of hydrogen-bond donors (Lipinski definition) is 0. The predicted molar refractivity (Wildman–Crippen MR) is 109 cm³/mol. The Morgan fingerprint density at radius 3 is 2.56 bits per heavy atom. The third-order valence-electron chi connectivity index (χ3n) is 5.81. The van der Waals surface area contributed by atoms with E-state index in [0.717, 1.165) is 53.4 Å². The van der Waals surface area contributed by atoms with E-state index < -0.39 is 5.92 Å². The van der Waals surface area contributed by atoms with Crippen LogP contribution < -0.4 is 0 Å². The van der Waals surface area contributed by atoms with Gasteiger partial charge in [0.1, 0.15) is 11.7 Å². The van der Waals surface area contributed by atoms with Crippen LogP contribution in [0.25, 0.3) is 10.4 Å². The number of Topliss-reactive ketones (excluding diaryl/α,β-unsaturated/α-hetero) is 2. The molecule has 1 aliphatic carbocycles. The standard InChI is InChI=1S/C22H23ClO3S/c1-13-18(12-20(27-13)15-2-4-17(23)5-3-15)21-19(24)11-16(22(21)25)10-14-6-8-26-9-7-14/h2-5,12,14,16,21H,6-11H2,1H3. The van der Waals surface area contributed by atoms with Gasteiger partial charge in [-0.3, -0.25) is 9.59 Å². The molecule has 1 saturated heterocycles. The van der Waals surface area contributed by atoms with Crippen molar-refractivity contribution in [1.29, 1.82) is 0 Å². The van der Waals surface area contributed by atoms with E-state index in [0.29, 0.717) is 17.4 Å². The van der Waals surface area contributed by atoms with Gasteiger partial charge in [-0.15, -0.1) is 11.3 Å². The molecule has 142 valence electrons. The first-order chi connectivity index (χ1) is 13.0. The number of halogens is 1. The second kappa shape index (κ2) is 7.86. The van der Waals surface area contributed by atoms with E-state index in [-0.39, 0.29) is 17.5 Å². The van der Waals surface area contributed by atoms with Crippen LogP contribution in [0.1, 0.15) is 42.0 Å². The van der Waals surface area contributed by atoms with Gasteiger partial charge < -0.3 is 4.74 Å². The molecule has 2 aromatic rings. The summed E-state index contributed by atoms with van der Waals surface area (Å²) in [7, 11) is 0. The highest BCUT2D eigenvalue weighted by molar-refractivity contribution is 7.15. The second-order valence-electron chi connectivity index (χ2n) is 7.62. The summed E-state index contributed by atoms with van der Waals surface area (Å²) in [5.74, 6) is 0.0131. The first-order valence-corrected chi connectivity index (χ1v) is 10.7. The highest BCUT2D eigenvalue weighted by Crippen LogP contribution is 2.42. The number of hydrogen-bond acceptors (Lipinski definition) is 4. The van der Waals surface area contributed by atoms with Crippen LogP contribution >= 0.6 is 22.9 Å². The van der Waals surface area contributed by atoms with E-state index >= 15 is 0 Å². The third-order valence-corrected chi connectivity index (χ3v) is 7.18. The van der Waals surface area contributed by atoms with E-state index in [9.17, 15) is 9.59 Å². The van der Waals surface area contributed by atoms with Crippen molar-refractivity contribution >= 4 is 34.5 Å². The summed E-state index contributed by atoms with van der Waals surface area (Å²) in [6, 6.07) is 9.70. The topological polar surface area (TPSA) is 43.4 Å². The number of ketones is 2. The number of rotatable bonds is 4. The molecule has 0 amide bonds. The molecule has 0 radical (unpaired) electrons. The SMILES string of the molecule is Cc1sc(-c2ccc(Cl)cc2)cc1C1C(=O)CC(CC2CCOCC2)C1=O. The van der Waals surface area contributed by atoms with Crippen LogP contribution in [0.5, 0.6) is 0 Å². The highest BCUT2D eigenvalue weighted by Gasteiger charge is 2.43. The minimum absolute atomic E-state index is 0.0839. The van der Waals surface area contributed by atoms with Gasteiger partial charge in [0.15, 0.2) is 5.78 Å². The molecule has 1 aromatic heterocycles. The molecule has 1 saturated carbocycles. The third kappa shape index (κ3) is 3.89. The van der Waals surface area contributed by atoms with Gasteiger partial charge >= 0.3 is 0 Å². The molecule has 2 heterocycles. The Morgan fingerprint density at radius 1 is 1.15 bits per heavy atom. The number of benzene rings is 1. The van der Waals surface area contributed by atoms with E-state index in [2.05, 4.69) is 0 Å². The average Bonchev–Trinajstić information content (AvgIpc) is 3.16. The van der Waals surface area contributed by atoms with Gasteiger partial charge in [-0.25, -0.2) is 0 Å². The minimum Gasteiger partial charge on any atom is -0.381 e. The maximum absolute atomic E-state index is 13.1. The first-order valence-electron chi connectivity index (χ1n) is 9.53. The summed E-state index contributed by atoms with van der Waals surface area (Å²) in [5, 5.41) is 0.698. The van der Waals surface area contributed by atoms with Crippen LogP contribution in [0.2, 0.25) is 5.02 Å². The van der Waals surface area contributed by atoms with Gasteiger partial charge in [0.05, 0.1) is 0 Å². The summed E-state index contributed by atoms with van der Waals surface area (Å²) < 4.78 is 5.41. The Kier molecular flexibility index (Phi) is 5.49. The number of ether oxygens (including phenoxy) is 1. The monoisotopic (exact) mass is 402 g/mol. The van der Waals surface area contributed by atoms with Crippen molar-refractivity contribution in [2.24, 2.45) is 11.8 Å². The molecule has 2 fully saturated rings. The van der Waals surface area contributed by atoms with Crippen molar-refractivity contribution in [1.82, 2.24) is 0 Å². The van der Waals surface area contributed by atoms with Crippen LogP contribution in [-0.2, 0) is 14.3 Å². The number of carbonyl (C=O) groups is 2. The zero-order valence-corrected chi connectivity index (χ0v) is 16.9. The summed E-state index contributed by atoms with van der Waals surface area (Å²) in [5.41, 5.74) is 1.96. The van der Waals surface area contributed by atoms with Crippen LogP contribution in [0.4, 0.5) is 0 Å². The van der Waals surface area contributed by atoms with Crippen molar-refractivity contribution in [3.8, 4) is 10.4 Å². The average molecular weight is 403 g/mol. The Morgan fingerprint density at radius 2 is 1.85 bits per heavy atom. The Hall–Kier alpha value is -1.49. The number of aryl methyl sites for hydroxylation is 1. The first kappa shape index (κ1) is 18.9. The summed E-state index contributed by atoms with van der Waals surface area (Å²) in [6.07, 6.45) is 3.23. The maximum Gasteiger partial charge on any atom is 0.151 e. The Bertz CT molecular complexity index is 849. The lowest BCUT2D eigenvalue weighted by atomic mass is 9.86. The van der Waals surface area contributed by atoms with Crippen molar-refractivity contribution in [3.63, 3.8) is 0 Å². The molecule has 0 spiro atoms. The molecular formula is C22H23ClO3S. The lowest BCUT2D eigenvalue weighted by Crippen LogP contribution is -2.21. The van der Waals surface area contributed by atoms with Gasteiger partial charge in [-0.05, 0) is 61.4 Å². The lowest BCUT2D eigenvalue weighted by molar-refractivity contribution is -0.125. The Balaban J connectivity index is 1.55. The molecule has 5 heteroatoms. The van der Waals surface area contributed by atoms with Crippen LogP contribution in [-0.4, -0.2) is 24.8 Å². The lowest BCUT2D eigenvalue weighted by Gasteiger charge is -2.23. The molecule has 2 aliphatic rings. The van der Waals surface area contributed by atoms with E-state index in [4.69, 9.17) is 16.3 Å². The van der Waals surface area contributed by atoms with Gasteiger partial charge in [-0.1, -0.05) is 23.7 Å². The molecule has 1 aromatic carbocycles. The van der Waals surface area contributed by atoms with E-state index in [1.165, 1.54) is 0 Å². The van der Waals surface area contributed by atoms with Crippen LogP contribution in [0.15, 0.2) is 30.3 Å². The fraction of sp³-hybridized carbons (Fsp3) is 0.455. The fourth-order valence-corrected chi connectivity index (χ4v) is 5.50. The van der Waals surface area contributed by atoms with Gasteiger partial charge in [0.2, 0.25) is 0 Å². The second-order valence-corrected chi connectivity index (χ2v) is 9.32. The summed E-state index contributed by atoms with van der Waals surface area (Å²) in [6.45, 7) is 3.56. The highest BCUT2D eigenvalue weighted by atomic mass is 35.5. The zero-order valence-electron chi connectivity index (χ0n) is 15.4. The smallest absolute Gasteiger partial charge is 0.151 e. The molecule has 3 nitrogen and oxygen atoms in total. The van der Waals surface area contributed by atoms with Crippen molar-refractivity contribution in [2.45, 2.75) is 38.5 Å². The van der Waals surface area contributed by atoms with Gasteiger partial charge in [0.25, 0.3) is 0 Å². The van der Waals surface area contributed by atoms with Gasteiger partial charge in [0, 0.05) is 40.3 Å². The molecule has 1 aliphatic heterocycles. The van der Waals surface area contributed by atoms with E-state index in [1.54, 1.807) is 11.3 Å². The van der Waals surface area contributed by atoms with Gasteiger partial charge in [-0.2, -0.15) is 0 Å². The van der Waals surface area contributed by atoms with Crippen molar-refractivity contribution in [3.05, 3.63) is 45.8 Å². The molecule has 27 heavy (non-hydrogen) atoms. The number of carbonyl (C=O) groups excluding carboxylic acids is 2. The quantitative estimate of drug-likeness (QED) is 0.640. The normalized spacial score (nSPS) is 23.9. The molecule has 0 bridgehead atoms. The predicted octanol–water partition coefficient (Wildman–Crippen LogP) is 5.44. The molecule has 4 rings (SSSR count). The largest absolute Gasteiger partial charge is 0.381 e. The minimum atomic E-state index is -0.577. The molecule has 2 atom stereocenters. The molecule has 2 unspecified atom stereocenters. The van der Waals surface area contributed by atoms with Crippen LogP contribution in [0.3, 0.4) is 0 Å². The maximum atomic E-state index is 13.1. The van der Waals surface area contributed by atoms with E-state index in [1.807, 2.05) is 37.3 Å². The van der Waals surface area contributed by atoms with Crippen LogP contribution in [0, 0.1) is 18.8 Å². The summed E-state index contributed by atoms with van der Waals surface area (Å²) >= 11 is 7.62. The Labute approximate surface area is 168 Å². The summed E-state index contributed by atoms with van der Waals surface area (Å²) in [4.78, 5) is 27.9. The van der Waals surface area contributed by atoms with Crippen molar-refractivity contribution < 1.29 is 14.3 Å².